The summed E-state index contributed by atoms with van der Waals surface area (Å²) in [5, 5.41) is 6.47. The Kier molecular flexibility index (Phi) is 6.89. The number of pyridine rings is 1. The first kappa shape index (κ1) is 19.2. The second-order valence-corrected chi connectivity index (χ2v) is 8.25. The number of nitrogens with zero attached hydrogens (tertiary/aromatic N) is 2. The second-order valence-electron chi connectivity index (χ2n) is 8.25. The third-order valence-electron chi connectivity index (χ3n) is 6.23. The Morgan fingerprint density at radius 1 is 1.08 bits per heavy atom. The smallest absolute Gasteiger partial charge is 0.315 e. The van der Waals surface area contributed by atoms with Crippen molar-refractivity contribution in [2.45, 2.75) is 64.5 Å². The van der Waals surface area contributed by atoms with E-state index in [0.717, 1.165) is 38.9 Å². The van der Waals surface area contributed by atoms with Gasteiger partial charge in [-0.25, -0.2) is 4.79 Å². The van der Waals surface area contributed by atoms with E-state index in [0.29, 0.717) is 23.9 Å². The van der Waals surface area contributed by atoms with Crippen molar-refractivity contribution in [1.82, 2.24) is 20.5 Å². The quantitative estimate of drug-likeness (QED) is 0.850. The van der Waals surface area contributed by atoms with E-state index in [-0.39, 0.29) is 6.03 Å². The zero-order valence-corrected chi connectivity index (χ0v) is 16.3. The molecule has 1 aliphatic carbocycles. The maximum absolute atomic E-state index is 12.4. The lowest BCUT2D eigenvalue weighted by molar-refractivity contribution is 0.177. The van der Waals surface area contributed by atoms with Gasteiger partial charge in [-0.2, -0.15) is 0 Å². The summed E-state index contributed by atoms with van der Waals surface area (Å²) >= 11 is 0. The minimum Gasteiger partial charge on any atom is -0.335 e. The fourth-order valence-corrected chi connectivity index (χ4v) is 4.48. The van der Waals surface area contributed by atoms with Crippen molar-refractivity contribution in [3.05, 3.63) is 30.1 Å². The number of rotatable bonds is 5. The molecule has 2 N–H and O–H groups in total. The number of aromatic nitrogens is 1. The molecule has 144 valence electrons. The molecule has 1 aliphatic heterocycles. The Morgan fingerprint density at radius 3 is 2.38 bits per heavy atom. The van der Waals surface area contributed by atoms with Crippen molar-refractivity contribution >= 4 is 6.03 Å². The van der Waals surface area contributed by atoms with E-state index in [1.807, 2.05) is 12.4 Å². The van der Waals surface area contributed by atoms with Gasteiger partial charge in [0.1, 0.15) is 0 Å². The van der Waals surface area contributed by atoms with Gasteiger partial charge in [0.15, 0.2) is 0 Å². The Labute approximate surface area is 157 Å². The van der Waals surface area contributed by atoms with Crippen LogP contribution in [0.3, 0.4) is 0 Å². The van der Waals surface area contributed by atoms with Gasteiger partial charge in [0.2, 0.25) is 0 Å². The van der Waals surface area contributed by atoms with Crippen LogP contribution in [0.1, 0.15) is 51.5 Å². The first-order chi connectivity index (χ1) is 12.6. The number of hydrogen-bond acceptors (Lipinski definition) is 3. The Hall–Kier alpha value is -1.62. The highest BCUT2D eigenvalue weighted by molar-refractivity contribution is 5.74. The molecular weight excluding hydrogens is 324 g/mol. The molecule has 1 saturated heterocycles. The van der Waals surface area contributed by atoms with Gasteiger partial charge < -0.3 is 15.5 Å². The molecule has 2 amide bonds. The molecule has 2 fully saturated rings. The van der Waals surface area contributed by atoms with Crippen molar-refractivity contribution in [3.63, 3.8) is 0 Å². The summed E-state index contributed by atoms with van der Waals surface area (Å²) in [7, 11) is 0. The Bertz CT molecular complexity index is 546. The predicted molar refractivity (Wildman–Crippen MR) is 105 cm³/mol. The van der Waals surface area contributed by atoms with Crippen LogP contribution >= 0.6 is 0 Å². The molecule has 0 aromatic carbocycles. The Morgan fingerprint density at radius 2 is 1.73 bits per heavy atom. The van der Waals surface area contributed by atoms with E-state index in [4.69, 9.17) is 0 Å². The lowest BCUT2D eigenvalue weighted by Crippen LogP contribution is -2.53. The standard InChI is InChI=1S/C21H34N4O/c1-16-4-3-5-17(2)20(16)24-21(26)23-19-9-14-25(15-10-19)13-8-18-6-11-22-12-7-18/h6-7,11-12,16-17,19-20H,3-5,8-10,13-15H2,1-2H3,(H2,23,24,26)/t16-,17+,20?. The summed E-state index contributed by atoms with van der Waals surface area (Å²) in [6.45, 7) is 7.74. The lowest BCUT2D eigenvalue weighted by atomic mass is 9.79. The lowest BCUT2D eigenvalue weighted by Gasteiger charge is -2.36. The molecule has 5 nitrogen and oxygen atoms in total. The number of likely N-dealkylation sites (tertiary alicyclic amines) is 1. The molecule has 1 unspecified atom stereocenters. The molecule has 0 radical (unpaired) electrons. The van der Waals surface area contributed by atoms with E-state index in [9.17, 15) is 4.79 Å². The molecule has 5 heteroatoms. The summed E-state index contributed by atoms with van der Waals surface area (Å²) in [6, 6.07) is 4.84. The van der Waals surface area contributed by atoms with Gasteiger partial charge in [-0.05, 0) is 61.6 Å². The van der Waals surface area contributed by atoms with Crippen molar-refractivity contribution in [3.8, 4) is 0 Å². The molecule has 1 aromatic heterocycles. The first-order valence-corrected chi connectivity index (χ1v) is 10.3. The number of nitrogens with one attached hydrogen (secondary N) is 2. The molecular formula is C21H34N4O. The highest BCUT2D eigenvalue weighted by atomic mass is 16.2. The van der Waals surface area contributed by atoms with Crippen LogP contribution in [0.5, 0.6) is 0 Å². The fraction of sp³-hybridized carbons (Fsp3) is 0.714. The number of urea groups is 1. The average Bonchev–Trinajstić information content (AvgIpc) is 2.65. The number of piperidine rings is 1. The van der Waals surface area contributed by atoms with Crippen LogP contribution in [0.25, 0.3) is 0 Å². The average molecular weight is 359 g/mol. The molecule has 3 atom stereocenters. The summed E-state index contributed by atoms with van der Waals surface area (Å²) in [5.41, 5.74) is 1.34. The van der Waals surface area contributed by atoms with Crippen LogP contribution in [-0.2, 0) is 6.42 Å². The van der Waals surface area contributed by atoms with Crippen molar-refractivity contribution in [2.75, 3.05) is 19.6 Å². The number of hydrogen-bond donors (Lipinski definition) is 2. The maximum atomic E-state index is 12.4. The van der Waals surface area contributed by atoms with Crippen LogP contribution in [0.4, 0.5) is 4.79 Å². The second kappa shape index (κ2) is 9.36. The topological polar surface area (TPSA) is 57.3 Å². The third-order valence-corrected chi connectivity index (χ3v) is 6.23. The van der Waals surface area contributed by atoms with E-state index < -0.39 is 0 Å². The summed E-state index contributed by atoms with van der Waals surface area (Å²) in [5.74, 6) is 1.17. The van der Waals surface area contributed by atoms with Gasteiger partial charge in [0.25, 0.3) is 0 Å². The monoisotopic (exact) mass is 358 g/mol. The maximum Gasteiger partial charge on any atom is 0.315 e. The van der Waals surface area contributed by atoms with E-state index in [1.54, 1.807) is 0 Å². The molecule has 2 aliphatic rings. The van der Waals surface area contributed by atoms with Crippen molar-refractivity contribution < 1.29 is 4.79 Å². The highest BCUT2D eigenvalue weighted by Crippen LogP contribution is 2.28. The fourth-order valence-electron chi connectivity index (χ4n) is 4.48. The van der Waals surface area contributed by atoms with Gasteiger partial charge in [-0.15, -0.1) is 0 Å². The van der Waals surface area contributed by atoms with Gasteiger partial charge in [-0.1, -0.05) is 20.3 Å². The van der Waals surface area contributed by atoms with Crippen molar-refractivity contribution in [2.24, 2.45) is 11.8 Å². The molecule has 1 aromatic rings. The van der Waals surface area contributed by atoms with Crippen LogP contribution in [0, 0.1) is 11.8 Å². The zero-order valence-electron chi connectivity index (χ0n) is 16.3. The molecule has 0 spiro atoms. The number of amides is 2. The predicted octanol–water partition coefficient (Wildman–Crippen LogP) is 3.21. The Balaban J connectivity index is 1.36. The largest absolute Gasteiger partial charge is 0.335 e. The molecule has 2 heterocycles. The molecule has 3 rings (SSSR count). The number of carbonyl (C=O) groups excluding carboxylic acids is 1. The van der Waals surface area contributed by atoms with Gasteiger partial charge >= 0.3 is 6.03 Å². The summed E-state index contributed by atoms with van der Waals surface area (Å²) < 4.78 is 0. The SMILES string of the molecule is C[C@@H]1CCC[C@H](C)C1NC(=O)NC1CCN(CCc2ccncc2)CC1. The van der Waals surface area contributed by atoms with Crippen LogP contribution < -0.4 is 10.6 Å². The molecule has 0 bridgehead atoms. The van der Waals surface area contributed by atoms with E-state index >= 15 is 0 Å². The van der Waals surface area contributed by atoms with E-state index in [1.165, 1.54) is 24.8 Å². The first-order valence-electron chi connectivity index (χ1n) is 10.3. The minimum absolute atomic E-state index is 0.0332. The third kappa shape index (κ3) is 5.44. The zero-order chi connectivity index (χ0) is 18.4. The summed E-state index contributed by atoms with van der Waals surface area (Å²) in [4.78, 5) is 19.0. The van der Waals surface area contributed by atoms with Crippen molar-refractivity contribution in [1.29, 1.82) is 0 Å². The minimum atomic E-state index is 0.0332. The van der Waals surface area contributed by atoms with Crippen LogP contribution in [0.2, 0.25) is 0 Å². The van der Waals surface area contributed by atoms with Gasteiger partial charge in [0.05, 0.1) is 0 Å². The normalized spacial score (nSPS) is 27.8. The van der Waals surface area contributed by atoms with Gasteiger partial charge in [-0.3, -0.25) is 4.98 Å². The summed E-state index contributed by atoms with van der Waals surface area (Å²) in [6.07, 6.45) is 10.6. The molecule has 26 heavy (non-hydrogen) atoms. The van der Waals surface area contributed by atoms with Crippen LogP contribution in [0.15, 0.2) is 24.5 Å². The van der Waals surface area contributed by atoms with E-state index in [2.05, 4.69) is 46.5 Å². The van der Waals surface area contributed by atoms with Gasteiger partial charge in [0, 0.05) is 44.1 Å². The number of carbonyl (C=O) groups is 1. The van der Waals surface area contributed by atoms with Crippen LogP contribution in [-0.4, -0.2) is 47.6 Å². The highest BCUT2D eigenvalue weighted by Gasteiger charge is 2.29. The molecule has 1 saturated carbocycles.